The molecule has 0 amide bonds. The molecule has 0 saturated carbocycles. The number of aromatic nitrogens is 4. The minimum absolute atomic E-state index is 0.0367. The lowest BCUT2D eigenvalue weighted by atomic mass is 9.87. The van der Waals surface area contributed by atoms with Crippen molar-refractivity contribution in [2.24, 2.45) is 13.0 Å². The van der Waals surface area contributed by atoms with E-state index in [0.717, 1.165) is 19.6 Å². The van der Waals surface area contributed by atoms with E-state index < -0.39 is 0 Å². The number of nitrogens with one attached hydrogen (secondary N) is 1. The predicted molar refractivity (Wildman–Crippen MR) is 100 cm³/mol. The molecule has 3 heterocycles. The number of hydrogen-bond acceptors (Lipinski definition) is 4. The summed E-state index contributed by atoms with van der Waals surface area (Å²) in [7, 11) is 4.33. The molecule has 1 saturated heterocycles. The third kappa shape index (κ3) is 4.12. The van der Waals surface area contributed by atoms with Crippen LogP contribution in [0.1, 0.15) is 50.9 Å². The molecule has 6 nitrogen and oxygen atoms in total. The van der Waals surface area contributed by atoms with Crippen molar-refractivity contribution in [1.82, 2.24) is 29.5 Å². The maximum Gasteiger partial charge on any atom is 0.0946 e. The molecule has 1 N–H and O–H groups in total. The molecule has 1 aliphatic rings. The first-order valence-electron chi connectivity index (χ1n) is 9.27. The largest absolute Gasteiger partial charge is 0.336 e. The SMILES string of the molecule is CN1CCC[C@@H](CNCc2cnn(C(C)(C)C)c2)[C@@H]1c1cncn1C. The van der Waals surface area contributed by atoms with E-state index in [1.165, 1.54) is 24.1 Å². The topological polar surface area (TPSA) is 50.9 Å². The van der Waals surface area contributed by atoms with Crippen molar-refractivity contribution in [3.63, 3.8) is 0 Å². The van der Waals surface area contributed by atoms with E-state index in [2.05, 4.69) is 65.9 Å². The fourth-order valence-corrected chi connectivity index (χ4v) is 3.81. The summed E-state index contributed by atoms with van der Waals surface area (Å²) >= 11 is 0. The van der Waals surface area contributed by atoms with Gasteiger partial charge in [0.2, 0.25) is 0 Å². The molecule has 1 fully saturated rings. The lowest BCUT2D eigenvalue weighted by molar-refractivity contribution is 0.113. The Hall–Kier alpha value is -1.66. The Morgan fingerprint density at radius 1 is 1.24 bits per heavy atom. The van der Waals surface area contributed by atoms with Crippen LogP contribution in [0, 0.1) is 5.92 Å². The average Bonchev–Trinajstić information content (AvgIpc) is 3.16. The first-order chi connectivity index (χ1) is 11.9. The Balaban J connectivity index is 1.61. The normalized spacial score (nSPS) is 22.4. The third-order valence-electron chi connectivity index (χ3n) is 5.22. The Morgan fingerprint density at radius 2 is 2.04 bits per heavy atom. The van der Waals surface area contributed by atoms with Gasteiger partial charge >= 0.3 is 0 Å². The monoisotopic (exact) mass is 344 g/mol. The van der Waals surface area contributed by atoms with Crippen LogP contribution in [0.15, 0.2) is 24.9 Å². The average molecular weight is 345 g/mol. The number of piperidine rings is 1. The Labute approximate surface area is 151 Å². The molecule has 138 valence electrons. The zero-order chi connectivity index (χ0) is 18.0. The standard InChI is InChI=1S/C19H32N6/c1-19(2,3)25-13-15(10-22-25)9-20-11-16-7-6-8-23(4)18(16)17-12-21-14-24(17)5/h10,12-14,16,18,20H,6-9,11H2,1-5H3/t16-,18+/m0/s1. The highest BCUT2D eigenvalue weighted by molar-refractivity contribution is 5.09. The number of likely N-dealkylation sites (tertiary alicyclic amines) is 1. The van der Waals surface area contributed by atoms with E-state index in [4.69, 9.17) is 0 Å². The fraction of sp³-hybridized carbons (Fsp3) is 0.684. The van der Waals surface area contributed by atoms with Gasteiger partial charge in [-0.15, -0.1) is 0 Å². The van der Waals surface area contributed by atoms with Gasteiger partial charge in [0, 0.05) is 38.1 Å². The van der Waals surface area contributed by atoms with Crippen molar-refractivity contribution >= 4 is 0 Å². The van der Waals surface area contributed by atoms with Crippen LogP contribution in [0.4, 0.5) is 0 Å². The van der Waals surface area contributed by atoms with Gasteiger partial charge in [0.15, 0.2) is 0 Å². The summed E-state index contributed by atoms with van der Waals surface area (Å²) in [5.41, 5.74) is 2.60. The fourth-order valence-electron chi connectivity index (χ4n) is 3.81. The van der Waals surface area contributed by atoms with E-state index in [0.29, 0.717) is 12.0 Å². The van der Waals surface area contributed by atoms with Gasteiger partial charge in [0.25, 0.3) is 0 Å². The lowest BCUT2D eigenvalue weighted by Crippen LogP contribution is -2.41. The summed E-state index contributed by atoms with van der Waals surface area (Å²) in [5, 5.41) is 8.15. The van der Waals surface area contributed by atoms with Gasteiger partial charge in [-0.1, -0.05) is 0 Å². The van der Waals surface area contributed by atoms with Crippen LogP contribution >= 0.6 is 0 Å². The van der Waals surface area contributed by atoms with Gasteiger partial charge in [0.05, 0.1) is 29.8 Å². The molecule has 0 radical (unpaired) electrons. The maximum absolute atomic E-state index is 4.49. The number of nitrogens with zero attached hydrogens (tertiary/aromatic N) is 5. The molecule has 25 heavy (non-hydrogen) atoms. The molecule has 0 spiro atoms. The first-order valence-corrected chi connectivity index (χ1v) is 9.27. The highest BCUT2D eigenvalue weighted by Gasteiger charge is 2.31. The highest BCUT2D eigenvalue weighted by Crippen LogP contribution is 2.34. The smallest absolute Gasteiger partial charge is 0.0946 e. The molecule has 0 aliphatic carbocycles. The van der Waals surface area contributed by atoms with Crippen molar-refractivity contribution in [3.8, 4) is 0 Å². The molecule has 6 heteroatoms. The first kappa shape index (κ1) is 18.1. The minimum Gasteiger partial charge on any atom is -0.336 e. The summed E-state index contributed by atoms with van der Waals surface area (Å²) in [6, 6.07) is 0.436. The van der Waals surface area contributed by atoms with Gasteiger partial charge < -0.3 is 9.88 Å². The number of imidazole rings is 1. The molecule has 3 rings (SSSR count). The third-order valence-corrected chi connectivity index (χ3v) is 5.22. The summed E-state index contributed by atoms with van der Waals surface area (Å²) < 4.78 is 4.20. The molecule has 0 unspecified atom stereocenters. The predicted octanol–water partition coefficient (Wildman–Crippen LogP) is 2.54. The molecule has 2 atom stereocenters. The van der Waals surface area contributed by atoms with Gasteiger partial charge in [0.1, 0.15) is 0 Å². The van der Waals surface area contributed by atoms with Crippen LogP contribution in [0.2, 0.25) is 0 Å². The van der Waals surface area contributed by atoms with Crippen molar-refractivity contribution in [2.75, 3.05) is 20.1 Å². The number of aryl methyl sites for hydroxylation is 1. The molecular weight excluding hydrogens is 312 g/mol. The zero-order valence-corrected chi connectivity index (χ0v) is 16.2. The van der Waals surface area contributed by atoms with Gasteiger partial charge in [-0.25, -0.2) is 4.98 Å². The second kappa shape index (κ2) is 7.30. The number of hydrogen-bond donors (Lipinski definition) is 1. The van der Waals surface area contributed by atoms with Crippen molar-refractivity contribution in [2.45, 2.75) is 51.7 Å². The van der Waals surface area contributed by atoms with Crippen LogP contribution in [-0.2, 0) is 19.1 Å². The van der Waals surface area contributed by atoms with Crippen LogP contribution in [0.3, 0.4) is 0 Å². The molecule has 0 bridgehead atoms. The van der Waals surface area contributed by atoms with Crippen LogP contribution in [-0.4, -0.2) is 44.4 Å². The summed E-state index contributed by atoms with van der Waals surface area (Å²) in [6.07, 6.45) is 10.6. The highest BCUT2D eigenvalue weighted by atomic mass is 15.3. The number of rotatable bonds is 5. The van der Waals surface area contributed by atoms with Gasteiger partial charge in [-0.3, -0.25) is 9.58 Å². The van der Waals surface area contributed by atoms with Gasteiger partial charge in [-0.05, 0) is 53.1 Å². The minimum atomic E-state index is 0.0367. The molecule has 1 aliphatic heterocycles. The van der Waals surface area contributed by atoms with Crippen molar-refractivity contribution < 1.29 is 0 Å². The Morgan fingerprint density at radius 3 is 2.68 bits per heavy atom. The quantitative estimate of drug-likeness (QED) is 0.906. The second-order valence-electron chi connectivity index (χ2n) is 8.35. The van der Waals surface area contributed by atoms with Crippen LogP contribution in [0.5, 0.6) is 0 Å². The Kier molecular flexibility index (Phi) is 5.29. The van der Waals surface area contributed by atoms with Crippen molar-refractivity contribution in [1.29, 1.82) is 0 Å². The lowest BCUT2D eigenvalue weighted by Gasteiger charge is -2.39. The molecule has 0 aromatic carbocycles. The van der Waals surface area contributed by atoms with E-state index in [1.807, 2.05) is 23.4 Å². The van der Waals surface area contributed by atoms with Crippen LogP contribution in [0.25, 0.3) is 0 Å². The van der Waals surface area contributed by atoms with Gasteiger partial charge in [-0.2, -0.15) is 5.10 Å². The summed E-state index contributed by atoms with van der Waals surface area (Å²) in [6.45, 7) is 9.56. The van der Waals surface area contributed by atoms with E-state index in [9.17, 15) is 0 Å². The zero-order valence-electron chi connectivity index (χ0n) is 16.2. The van der Waals surface area contributed by atoms with Crippen molar-refractivity contribution in [3.05, 3.63) is 36.2 Å². The summed E-state index contributed by atoms with van der Waals surface area (Å²) in [4.78, 5) is 6.80. The molecule has 2 aromatic heterocycles. The summed E-state index contributed by atoms with van der Waals surface area (Å²) in [5.74, 6) is 0.604. The van der Waals surface area contributed by atoms with E-state index in [-0.39, 0.29) is 5.54 Å². The van der Waals surface area contributed by atoms with E-state index >= 15 is 0 Å². The molecular formula is C19H32N6. The Bertz CT molecular complexity index is 680. The van der Waals surface area contributed by atoms with Crippen LogP contribution < -0.4 is 5.32 Å². The maximum atomic E-state index is 4.49. The van der Waals surface area contributed by atoms with E-state index in [1.54, 1.807) is 0 Å². The second-order valence-corrected chi connectivity index (χ2v) is 8.35. The molecule has 2 aromatic rings.